The summed E-state index contributed by atoms with van der Waals surface area (Å²) >= 11 is 3.57. The van der Waals surface area contributed by atoms with E-state index in [1.807, 2.05) is 11.8 Å². The second-order valence-corrected chi connectivity index (χ2v) is 7.24. The van der Waals surface area contributed by atoms with Crippen LogP contribution in [0.5, 0.6) is 0 Å². The monoisotopic (exact) mass is 292 g/mol. The summed E-state index contributed by atoms with van der Waals surface area (Å²) in [6, 6.07) is 4.10. The molecule has 1 fully saturated rings. The molecule has 3 nitrogen and oxygen atoms in total. The Bertz CT molecular complexity index is 509. The standard InChI is InChI=1S/C14H16N2OS2/c15-8-11-3-1-2-5-16(11)14(17)13-7-10-9-18-6-4-12(10)19-13/h7,11H,1-6,9H2. The quantitative estimate of drug-likeness (QED) is 0.799. The number of aryl methyl sites for hydroxylation is 1. The number of piperidine rings is 1. The number of carbonyl (C=O) groups is 1. The normalized spacial score (nSPS) is 22.7. The largest absolute Gasteiger partial charge is 0.322 e. The van der Waals surface area contributed by atoms with Crippen molar-refractivity contribution in [3.05, 3.63) is 21.4 Å². The summed E-state index contributed by atoms with van der Waals surface area (Å²) < 4.78 is 0. The molecule has 5 heteroatoms. The van der Waals surface area contributed by atoms with Crippen LogP contribution in [0.25, 0.3) is 0 Å². The number of thioether (sulfide) groups is 1. The predicted molar refractivity (Wildman–Crippen MR) is 78.5 cm³/mol. The van der Waals surface area contributed by atoms with Gasteiger partial charge in [-0.05, 0) is 43.1 Å². The summed E-state index contributed by atoms with van der Waals surface area (Å²) in [6.07, 6.45) is 3.98. The van der Waals surface area contributed by atoms with Crippen LogP contribution in [0.15, 0.2) is 6.07 Å². The summed E-state index contributed by atoms with van der Waals surface area (Å²) in [7, 11) is 0. The Morgan fingerprint density at radius 1 is 1.47 bits per heavy atom. The summed E-state index contributed by atoms with van der Waals surface area (Å²) in [5, 5.41) is 9.18. The van der Waals surface area contributed by atoms with Crippen molar-refractivity contribution in [2.75, 3.05) is 12.3 Å². The number of amides is 1. The highest BCUT2D eigenvalue weighted by Gasteiger charge is 2.29. The lowest BCUT2D eigenvalue weighted by Crippen LogP contribution is -2.42. The molecule has 0 spiro atoms. The summed E-state index contributed by atoms with van der Waals surface area (Å²) in [6.45, 7) is 0.731. The first-order chi connectivity index (χ1) is 9.29. The molecule has 100 valence electrons. The molecule has 0 aromatic carbocycles. The van der Waals surface area contributed by atoms with Crippen molar-refractivity contribution >= 4 is 29.0 Å². The smallest absolute Gasteiger partial charge is 0.265 e. The molecule has 1 amide bonds. The first kappa shape index (κ1) is 13.0. The van der Waals surface area contributed by atoms with E-state index in [0.29, 0.717) is 0 Å². The van der Waals surface area contributed by atoms with Gasteiger partial charge in [0, 0.05) is 17.2 Å². The molecule has 3 rings (SSSR count). The van der Waals surface area contributed by atoms with Gasteiger partial charge in [-0.1, -0.05) is 0 Å². The highest BCUT2D eigenvalue weighted by Crippen LogP contribution is 2.33. The molecule has 1 saturated heterocycles. The minimum Gasteiger partial charge on any atom is -0.322 e. The minimum absolute atomic E-state index is 0.0654. The highest BCUT2D eigenvalue weighted by molar-refractivity contribution is 7.98. The van der Waals surface area contributed by atoms with Crippen molar-refractivity contribution < 1.29 is 4.79 Å². The summed E-state index contributed by atoms with van der Waals surface area (Å²) in [5.74, 6) is 2.25. The highest BCUT2D eigenvalue weighted by atomic mass is 32.2. The number of hydrogen-bond acceptors (Lipinski definition) is 4. The zero-order chi connectivity index (χ0) is 13.2. The molecule has 0 N–H and O–H groups in total. The number of fused-ring (bicyclic) bond motifs is 1. The van der Waals surface area contributed by atoms with E-state index < -0.39 is 0 Å². The molecular weight excluding hydrogens is 276 g/mol. The second kappa shape index (κ2) is 5.56. The summed E-state index contributed by atoms with van der Waals surface area (Å²) in [5.41, 5.74) is 1.33. The molecule has 1 aromatic heterocycles. The van der Waals surface area contributed by atoms with Crippen LogP contribution in [0.3, 0.4) is 0 Å². The zero-order valence-corrected chi connectivity index (χ0v) is 12.4. The number of nitrogens with zero attached hydrogens (tertiary/aromatic N) is 2. The van der Waals surface area contributed by atoms with Crippen molar-refractivity contribution in [2.45, 2.75) is 37.5 Å². The Kier molecular flexibility index (Phi) is 3.81. The third-order valence-corrected chi connectivity index (χ3v) is 5.98. The lowest BCUT2D eigenvalue weighted by molar-refractivity contribution is 0.0675. The van der Waals surface area contributed by atoms with Gasteiger partial charge in [-0.2, -0.15) is 17.0 Å². The lowest BCUT2D eigenvalue weighted by Gasteiger charge is -2.30. The minimum atomic E-state index is -0.227. The first-order valence-corrected chi connectivity index (χ1v) is 8.66. The maximum Gasteiger partial charge on any atom is 0.265 e. The fourth-order valence-electron chi connectivity index (χ4n) is 2.70. The third-order valence-electron chi connectivity index (χ3n) is 3.75. The maximum atomic E-state index is 12.6. The van der Waals surface area contributed by atoms with Crippen molar-refractivity contribution in [1.82, 2.24) is 4.90 Å². The van der Waals surface area contributed by atoms with Crippen LogP contribution >= 0.6 is 23.1 Å². The van der Waals surface area contributed by atoms with Gasteiger partial charge in [-0.25, -0.2) is 0 Å². The van der Waals surface area contributed by atoms with Crippen molar-refractivity contribution in [2.24, 2.45) is 0 Å². The van der Waals surface area contributed by atoms with Gasteiger partial charge in [0.05, 0.1) is 10.9 Å². The molecule has 2 aliphatic heterocycles. The molecule has 1 unspecified atom stereocenters. The van der Waals surface area contributed by atoms with Crippen molar-refractivity contribution in [3.8, 4) is 6.07 Å². The molecule has 0 aliphatic carbocycles. The fraction of sp³-hybridized carbons (Fsp3) is 0.571. The van der Waals surface area contributed by atoms with Gasteiger partial charge in [-0.15, -0.1) is 11.3 Å². The number of hydrogen-bond donors (Lipinski definition) is 0. The van der Waals surface area contributed by atoms with Crippen LogP contribution in [0.4, 0.5) is 0 Å². The van der Waals surface area contributed by atoms with Crippen molar-refractivity contribution in [1.29, 1.82) is 5.26 Å². The Morgan fingerprint density at radius 2 is 2.37 bits per heavy atom. The van der Waals surface area contributed by atoms with Gasteiger partial charge in [0.15, 0.2) is 0 Å². The molecule has 19 heavy (non-hydrogen) atoms. The topological polar surface area (TPSA) is 44.1 Å². The molecule has 3 heterocycles. The van der Waals surface area contributed by atoms with E-state index in [1.165, 1.54) is 10.4 Å². The molecule has 0 bridgehead atoms. The van der Waals surface area contributed by atoms with E-state index in [2.05, 4.69) is 12.1 Å². The van der Waals surface area contributed by atoms with E-state index in [0.717, 1.165) is 48.6 Å². The zero-order valence-electron chi connectivity index (χ0n) is 10.7. The maximum absolute atomic E-state index is 12.6. The van der Waals surface area contributed by atoms with Crippen LogP contribution in [0.2, 0.25) is 0 Å². The van der Waals surface area contributed by atoms with Crippen LogP contribution in [0.1, 0.15) is 39.4 Å². The fourth-order valence-corrected chi connectivity index (χ4v) is 5.03. The molecule has 0 saturated carbocycles. The number of rotatable bonds is 1. The van der Waals surface area contributed by atoms with E-state index in [4.69, 9.17) is 0 Å². The molecule has 1 aromatic rings. The SMILES string of the molecule is N#CC1CCCCN1C(=O)c1cc2c(s1)CCSC2. The molecule has 1 atom stereocenters. The van der Waals surface area contributed by atoms with Crippen LogP contribution in [-0.2, 0) is 12.2 Å². The van der Waals surface area contributed by atoms with E-state index >= 15 is 0 Å². The van der Waals surface area contributed by atoms with Gasteiger partial charge in [-0.3, -0.25) is 4.79 Å². The molecular formula is C14H16N2OS2. The van der Waals surface area contributed by atoms with Crippen LogP contribution < -0.4 is 0 Å². The van der Waals surface area contributed by atoms with E-state index in [-0.39, 0.29) is 11.9 Å². The van der Waals surface area contributed by atoms with E-state index in [1.54, 1.807) is 16.2 Å². The van der Waals surface area contributed by atoms with Gasteiger partial charge < -0.3 is 4.90 Å². The number of carbonyl (C=O) groups excluding carboxylic acids is 1. The molecule has 2 aliphatic rings. The lowest BCUT2D eigenvalue weighted by atomic mass is 10.0. The van der Waals surface area contributed by atoms with Crippen LogP contribution in [-0.4, -0.2) is 29.1 Å². The Hall–Kier alpha value is -0.990. The van der Waals surface area contributed by atoms with Gasteiger partial charge >= 0.3 is 0 Å². The average molecular weight is 292 g/mol. The van der Waals surface area contributed by atoms with Crippen molar-refractivity contribution in [3.63, 3.8) is 0 Å². The number of thiophene rings is 1. The Labute approximate surface area is 121 Å². The Morgan fingerprint density at radius 3 is 3.16 bits per heavy atom. The third kappa shape index (κ3) is 2.52. The summed E-state index contributed by atoms with van der Waals surface area (Å²) in [4.78, 5) is 16.5. The van der Waals surface area contributed by atoms with Gasteiger partial charge in [0.25, 0.3) is 5.91 Å². The van der Waals surface area contributed by atoms with Crippen LogP contribution in [0, 0.1) is 11.3 Å². The number of nitriles is 1. The average Bonchev–Trinajstić information content (AvgIpc) is 2.90. The Balaban J connectivity index is 1.83. The predicted octanol–water partition coefficient (Wildman–Crippen LogP) is 3.06. The van der Waals surface area contributed by atoms with Gasteiger partial charge in [0.1, 0.15) is 6.04 Å². The second-order valence-electron chi connectivity index (χ2n) is 5.00. The molecule has 0 radical (unpaired) electrons. The van der Waals surface area contributed by atoms with E-state index in [9.17, 15) is 10.1 Å². The van der Waals surface area contributed by atoms with Gasteiger partial charge in [0.2, 0.25) is 0 Å². The first-order valence-electron chi connectivity index (χ1n) is 6.69. The number of likely N-dealkylation sites (tertiary alicyclic amines) is 1.